The molecule has 1 aromatic rings. The molecular formula is C11H16N4O5S. The molecule has 0 aromatic carbocycles. The average molecular weight is 316 g/mol. The largest absolute Gasteiger partial charge is 0.394 e. The molecule has 10 heteroatoms. The third-order valence-electron chi connectivity index (χ3n) is 3.13. The summed E-state index contributed by atoms with van der Waals surface area (Å²) in [5.74, 6) is -0.0635. The number of aromatic amines is 1. The molecule has 1 aliphatic rings. The molecule has 1 amide bonds. The summed E-state index contributed by atoms with van der Waals surface area (Å²) in [6.07, 6.45) is -0.289. The minimum Gasteiger partial charge on any atom is -0.394 e. The first-order valence-corrected chi connectivity index (χ1v) is 7.36. The maximum Gasteiger partial charge on any atom is 0.268 e. The first kappa shape index (κ1) is 15.8. The smallest absolute Gasteiger partial charge is 0.268 e. The number of amides is 1. The minimum absolute atomic E-state index is 0.0644. The Bertz CT molecular complexity index is 580. The maximum atomic E-state index is 11.8. The normalized spacial score (nSPS) is 25.0. The number of aliphatic hydroxyl groups excluding tert-OH is 2. The highest BCUT2D eigenvalue weighted by Gasteiger charge is 2.38. The van der Waals surface area contributed by atoms with Crippen LogP contribution in [0.2, 0.25) is 0 Å². The van der Waals surface area contributed by atoms with Gasteiger partial charge in [-0.3, -0.25) is 19.5 Å². The van der Waals surface area contributed by atoms with E-state index in [1.807, 2.05) is 0 Å². The summed E-state index contributed by atoms with van der Waals surface area (Å²) in [4.78, 5) is 30.8. The summed E-state index contributed by atoms with van der Waals surface area (Å²) in [7, 11) is 0. The predicted molar refractivity (Wildman–Crippen MR) is 76.0 cm³/mol. The molecule has 0 spiro atoms. The van der Waals surface area contributed by atoms with Crippen LogP contribution in [0.1, 0.15) is 6.42 Å². The Morgan fingerprint density at radius 2 is 2.38 bits per heavy atom. The number of anilines is 2. The lowest BCUT2D eigenvalue weighted by atomic mass is 10.2. The van der Waals surface area contributed by atoms with Gasteiger partial charge < -0.3 is 20.7 Å². The Hall–Kier alpha value is -1.62. The van der Waals surface area contributed by atoms with Crippen LogP contribution in [0.3, 0.4) is 0 Å². The van der Waals surface area contributed by atoms with Gasteiger partial charge in [-0.25, -0.2) is 0 Å². The van der Waals surface area contributed by atoms with Gasteiger partial charge in [0.05, 0.1) is 12.7 Å². The first-order valence-electron chi connectivity index (χ1n) is 6.13. The second-order valence-corrected chi connectivity index (χ2v) is 5.25. The van der Waals surface area contributed by atoms with Crippen molar-refractivity contribution in [3.05, 3.63) is 10.4 Å². The summed E-state index contributed by atoms with van der Waals surface area (Å²) in [5, 5.41) is 18.8. The molecular weight excluding hydrogens is 300 g/mol. The number of ether oxygens (including phenoxy) is 1. The zero-order valence-corrected chi connectivity index (χ0v) is 12.0. The summed E-state index contributed by atoms with van der Waals surface area (Å²) >= 11 is 1.11. The Kier molecular flexibility index (Phi) is 4.83. The Morgan fingerprint density at radius 3 is 2.90 bits per heavy atom. The molecule has 1 aromatic heterocycles. The van der Waals surface area contributed by atoms with Crippen LogP contribution in [0.4, 0.5) is 11.8 Å². The number of nitrogen functional groups attached to an aromatic ring is 1. The van der Waals surface area contributed by atoms with Crippen molar-refractivity contribution >= 4 is 29.9 Å². The van der Waals surface area contributed by atoms with Gasteiger partial charge in [-0.2, -0.15) is 4.98 Å². The summed E-state index contributed by atoms with van der Waals surface area (Å²) in [6.45, 7) is -0.370. The fraction of sp³-hybridized carbons (Fsp3) is 0.545. The number of nitrogens with two attached hydrogens (primary N) is 1. The van der Waals surface area contributed by atoms with Crippen LogP contribution >= 0.6 is 11.8 Å². The van der Waals surface area contributed by atoms with Crippen molar-refractivity contribution in [1.82, 2.24) is 9.97 Å². The summed E-state index contributed by atoms with van der Waals surface area (Å²) in [6, 6.07) is 0. The van der Waals surface area contributed by atoms with Gasteiger partial charge in [-0.1, -0.05) is 0 Å². The number of thioether (sulfide) groups is 1. The molecule has 2 rings (SSSR count). The average Bonchev–Trinajstić information content (AvgIpc) is 2.80. The van der Waals surface area contributed by atoms with Gasteiger partial charge in [0, 0.05) is 6.42 Å². The molecule has 116 valence electrons. The minimum atomic E-state index is -0.903. The van der Waals surface area contributed by atoms with E-state index >= 15 is 0 Å². The molecule has 9 nitrogen and oxygen atoms in total. The van der Waals surface area contributed by atoms with E-state index in [2.05, 4.69) is 9.97 Å². The molecule has 21 heavy (non-hydrogen) atoms. The molecule has 0 bridgehead atoms. The predicted octanol–water partition coefficient (Wildman–Crippen LogP) is -1.49. The molecule has 0 saturated carbocycles. The Morgan fingerprint density at radius 1 is 1.67 bits per heavy atom. The summed E-state index contributed by atoms with van der Waals surface area (Å²) in [5.41, 5.74) is 5.04. The molecule has 0 radical (unpaired) electrons. The SMILES string of the molecule is CSc1c(N(C=O)C2CC(O)C(CO)O2)nc(N)[nH]c1=O. The van der Waals surface area contributed by atoms with Gasteiger partial charge in [0.1, 0.15) is 17.2 Å². The number of nitrogens with one attached hydrogen (secondary N) is 1. The number of aliphatic hydroxyl groups is 2. The van der Waals surface area contributed by atoms with Crippen molar-refractivity contribution < 1.29 is 19.7 Å². The number of rotatable bonds is 5. The highest BCUT2D eigenvalue weighted by atomic mass is 32.2. The van der Waals surface area contributed by atoms with Gasteiger partial charge in [0.2, 0.25) is 12.4 Å². The first-order chi connectivity index (χ1) is 10.0. The van der Waals surface area contributed by atoms with Crippen LogP contribution in [0.5, 0.6) is 0 Å². The van der Waals surface area contributed by atoms with Crippen LogP contribution < -0.4 is 16.2 Å². The fourth-order valence-electron chi connectivity index (χ4n) is 2.13. The van der Waals surface area contributed by atoms with Crippen LogP contribution in [-0.2, 0) is 9.53 Å². The van der Waals surface area contributed by atoms with E-state index in [0.29, 0.717) is 6.41 Å². The third-order valence-corrected chi connectivity index (χ3v) is 3.91. The zero-order valence-electron chi connectivity index (χ0n) is 11.2. The van der Waals surface area contributed by atoms with Crippen molar-refractivity contribution in [2.45, 2.75) is 29.8 Å². The molecule has 1 aliphatic heterocycles. The second-order valence-electron chi connectivity index (χ2n) is 4.44. The van der Waals surface area contributed by atoms with E-state index in [1.165, 1.54) is 0 Å². The highest BCUT2D eigenvalue weighted by molar-refractivity contribution is 7.98. The van der Waals surface area contributed by atoms with E-state index in [4.69, 9.17) is 15.6 Å². The fourth-order valence-corrected chi connectivity index (χ4v) is 2.70. The standard InChI is InChI=1S/C11H16N4O5S/c1-21-8-9(13-11(12)14-10(8)19)15(4-17)7-2-5(18)6(3-16)20-7/h4-7,16,18H,2-3H2,1H3,(H3,12,13,14,19). The summed E-state index contributed by atoms with van der Waals surface area (Å²) < 4.78 is 5.40. The van der Waals surface area contributed by atoms with Crippen molar-refractivity contribution in [1.29, 1.82) is 0 Å². The van der Waals surface area contributed by atoms with Crippen molar-refractivity contribution in [3.63, 3.8) is 0 Å². The molecule has 5 N–H and O–H groups in total. The molecule has 2 heterocycles. The number of aromatic nitrogens is 2. The van der Waals surface area contributed by atoms with E-state index in [-0.39, 0.29) is 29.7 Å². The van der Waals surface area contributed by atoms with Gasteiger partial charge in [-0.05, 0) is 6.26 Å². The lowest BCUT2D eigenvalue weighted by Gasteiger charge is -2.24. The Labute approximate surface area is 124 Å². The molecule has 3 atom stereocenters. The number of carbonyl (C=O) groups is 1. The van der Waals surface area contributed by atoms with Gasteiger partial charge in [0.25, 0.3) is 5.56 Å². The lowest BCUT2D eigenvalue weighted by Crippen LogP contribution is -2.37. The molecule has 1 fully saturated rings. The molecule has 3 unspecified atom stereocenters. The van der Waals surface area contributed by atoms with Crippen LogP contribution in [0.15, 0.2) is 9.69 Å². The molecule has 1 saturated heterocycles. The van der Waals surface area contributed by atoms with E-state index in [0.717, 1.165) is 16.7 Å². The molecule has 0 aliphatic carbocycles. The number of hydrogen-bond acceptors (Lipinski definition) is 8. The Balaban J connectivity index is 2.39. The highest BCUT2D eigenvalue weighted by Crippen LogP contribution is 2.29. The van der Waals surface area contributed by atoms with E-state index in [9.17, 15) is 14.7 Å². The van der Waals surface area contributed by atoms with Gasteiger partial charge in [0.15, 0.2) is 5.82 Å². The lowest BCUT2D eigenvalue weighted by molar-refractivity contribution is -0.110. The quantitative estimate of drug-likeness (QED) is 0.380. The number of nitrogens with zero attached hydrogens (tertiary/aromatic N) is 2. The number of H-pyrrole nitrogens is 1. The van der Waals surface area contributed by atoms with Gasteiger partial charge in [-0.15, -0.1) is 11.8 Å². The van der Waals surface area contributed by atoms with E-state index in [1.54, 1.807) is 6.26 Å². The second kappa shape index (κ2) is 6.43. The van der Waals surface area contributed by atoms with Crippen molar-refractivity contribution in [2.75, 3.05) is 23.5 Å². The maximum absolute atomic E-state index is 11.8. The van der Waals surface area contributed by atoms with Crippen LogP contribution in [0, 0.1) is 0 Å². The number of carbonyl (C=O) groups excluding carboxylic acids is 1. The topological polar surface area (TPSA) is 142 Å². The third kappa shape index (κ3) is 3.02. The van der Waals surface area contributed by atoms with Crippen LogP contribution in [-0.4, -0.2) is 57.9 Å². The van der Waals surface area contributed by atoms with E-state index < -0.39 is 24.0 Å². The van der Waals surface area contributed by atoms with Gasteiger partial charge >= 0.3 is 0 Å². The van der Waals surface area contributed by atoms with Crippen molar-refractivity contribution in [3.8, 4) is 0 Å². The monoisotopic (exact) mass is 316 g/mol. The van der Waals surface area contributed by atoms with Crippen molar-refractivity contribution in [2.24, 2.45) is 0 Å². The van der Waals surface area contributed by atoms with Crippen LogP contribution in [0.25, 0.3) is 0 Å². The number of hydrogen-bond donors (Lipinski definition) is 4. The zero-order chi connectivity index (χ0) is 15.6.